The Balaban J connectivity index is 2.14. The molecule has 1 saturated heterocycles. The lowest BCUT2D eigenvalue weighted by molar-refractivity contribution is -0.129. The third-order valence-electron chi connectivity index (χ3n) is 4.43. The van der Waals surface area contributed by atoms with E-state index in [9.17, 15) is 9.59 Å². The molecule has 1 amide bonds. The minimum absolute atomic E-state index is 0.0149. The van der Waals surface area contributed by atoms with Crippen molar-refractivity contribution in [1.29, 1.82) is 0 Å². The number of carbonyl (C=O) groups is 2. The largest absolute Gasteiger partial charge is 0.496 e. The lowest BCUT2D eigenvalue weighted by Gasteiger charge is -2.23. The number of benzene rings is 1. The maximum atomic E-state index is 12.5. The van der Waals surface area contributed by atoms with Gasteiger partial charge in [-0.25, -0.2) is 0 Å². The highest BCUT2D eigenvalue weighted by atomic mass is 16.5. The number of carbonyl (C=O) groups excluding carboxylic acids is 2. The molecule has 0 spiro atoms. The van der Waals surface area contributed by atoms with Crippen LogP contribution in [0.4, 0.5) is 0 Å². The van der Waals surface area contributed by atoms with Crippen LogP contribution in [0.15, 0.2) is 18.2 Å². The standard InChI is InChI=1S/C17H24N2O3/c1-12(20)13-4-5-15(22-3)14(8-13)9-16(21)19-7-6-17(2,10-18)11-19/h4-5,8H,6-7,9-11,18H2,1-3H3. The van der Waals surface area contributed by atoms with Crippen LogP contribution in [-0.4, -0.2) is 43.3 Å². The molecule has 1 fully saturated rings. The van der Waals surface area contributed by atoms with Crippen molar-refractivity contribution in [3.05, 3.63) is 29.3 Å². The van der Waals surface area contributed by atoms with Gasteiger partial charge < -0.3 is 15.4 Å². The lowest BCUT2D eigenvalue weighted by Crippen LogP contribution is -2.35. The van der Waals surface area contributed by atoms with Gasteiger partial charge in [0.1, 0.15) is 5.75 Å². The van der Waals surface area contributed by atoms with Crippen LogP contribution in [0.25, 0.3) is 0 Å². The second kappa shape index (κ2) is 6.48. The second-order valence-electron chi connectivity index (χ2n) is 6.34. The Kier molecular flexibility index (Phi) is 4.86. The average molecular weight is 304 g/mol. The molecule has 0 aliphatic carbocycles. The van der Waals surface area contributed by atoms with Gasteiger partial charge in [-0.05, 0) is 43.5 Å². The quantitative estimate of drug-likeness (QED) is 0.839. The Morgan fingerprint density at radius 2 is 2.14 bits per heavy atom. The van der Waals surface area contributed by atoms with Gasteiger partial charge in [0, 0.05) is 24.2 Å². The molecule has 2 N–H and O–H groups in total. The summed E-state index contributed by atoms with van der Waals surface area (Å²) in [6, 6.07) is 5.21. The summed E-state index contributed by atoms with van der Waals surface area (Å²) in [5.41, 5.74) is 7.15. The zero-order chi connectivity index (χ0) is 16.3. The number of hydrogen-bond donors (Lipinski definition) is 1. The molecule has 1 aromatic carbocycles. The van der Waals surface area contributed by atoms with Gasteiger partial charge in [-0.3, -0.25) is 9.59 Å². The highest BCUT2D eigenvalue weighted by Gasteiger charge is 2.34. The molecular weight excluding hydrogens is 280 g/mol. The second-order valence-corrected chi connectivity index (χ2v) is 6.34. The SMILES string of the molecule is COc1ccc(C(C)=O)cc1CC(=O)N1CCC(C)(CN)C1. The summed E-state index contributed by atoms with van der Waals surface area (Å²) in [5.74, 6) is 0.670. The molecule has 5 nitrogen and oxygen atoms in total. The fourth-order valence-corrected chi connectivity index (χ4v) is 2.81. The molecule has 0 bridgehead atoms. The molecule has 0 radical (unpaired) electrons. The van der Waals surface area contributed by atoms with Crippen molar-refractivity contribution in [2.45, 2.75) is 26.7 Å². The Morgan fingerprint density at radius 3 is 2.68 bits per heavy atom. The van der Waals surface area contributed by atoms with Gasteiger partial charge in [0.15, 0.2) is 5.78 Å². The molecule has 22 heavy (non-hydrogen) atoms. The van der Waals surface area contributed by atoms with Crippen LogP contribution in [-0.2, 0) is 11.2 Å². The zero-order valence-electron chi connectivity index (χ0n) is 13.5. The minimum Gasteiger partial charge on any atom is -0.496 e. The van der Waals surface area contributed by atoms with Crippen molar-refractivity contribution >= 4 is 11.7 Å². The van der Waals surface area contributed by atoms with E-state index in [2.05, 4.69) is 6.92 Å². The molecule has 120 valence electrons. The van der Waals surface area contributed by atoms with E-state index < -0.39 is 0 Å². The van der Waals surface area contributed by atoms with Gasteiger partial charge in [-0.15, -0.1) is 0 Å². The first-order valence-electron chi connectivity index (χ1n) is 7.54. The van der Waals surface area contributed by atoms with Gasteiger partial charge in [0.2, 0.25) is 5.91 Å². The Morgan fingerprint density at radius 1 is 1.41 bits per heavy atom. The number of likely N-dealkylation sites (tertiary alicyclic amines) is 1. The van der Waals surface area contributed by atoms with E-state index in [1.165, 1.54) is 6.92 Å². The maximum Gasteiger partial charge on any atom is 0.227 e. The van der Waals surface area contributed by atoms with E-state index in [4.69, 9.17) is 10.5 Å². The van der Waals surface area contributed by atoms with Gasteiger partial charge in [-0.2, -0.15) is 0 Å². The third-order valence-corrected chi connectivity index (χ3v) is 4.43. The fourth-order valence-electron chi connectivity index (χ4n) is 2.81. The number of ether oxygens (including phenoxy) is 1. The van der Waals surface area contributed by atoms with E-state index in [1.54, 1.807) is 25.3 Å². The summed E-state index contributed by atoms with van der Waals surface area (Å²) in [7, 11) is 1.57. The Hall–Kier alpha value is -1.88. The predicted octanol–water partition coefficient (Wildman–Crippen LogP) is 1.64. The molecule has 1 aliphatic rings. The van der Waals surface area contributed by atoms with Gasteiger partial charge in [-0.1, -0.05) is 6.92 Å². The normalized spacial score (nSPS) is 21.0. The number of Topliss-reactive ketones (excluding diaryl/α,β-unsaturated/α-hetero) is 1. The highest BCUT2D eigenvalue weighted by molar-refractivity contribution is 5.94. The van der Waals surface area contributed by atoms with Crippen molar-refractivity contribution in [2.24, 2.45) is 11.1 Å². The molecule has 2 rings (SSSR count). The Labute approximate surface area is 131 Å². The van der Waals surface area contributed by atoms with Crippen molar-refractivity contribution in [3.63, 3.8) is 0 Å². The maximum absolute atomic E-state index is 12.5. The number of methoxy groups -OCH3 is 1. The van der Waals surface area contributed by atoms with Gasteiger partial charge in [0.05, 0.1) is 13.5 Å². The molecular formula is C17H24N2O3. The molecule has 1 atom stereocenters. The number of ketones is 1. The zero-order valence-corrected chi connectivity index (χ0v) is 13.5. The number of nitrogens with zero attached hydrogens (tertiary/aromatic N) is 1. The average Bonchev–Trinajstić information content (AvgIpc) is 2.90. The molecule has 0 saturated carbocycles. The smallest absolute Gasteiger partial charge is 0.227 e. The molecule has 0 aromatic heterocycles. The van der Waals surface area contributed by atoms with Crippen LogP contribution >= 0.6 is 0 Å². The highest BCUT2D eigenvalue weighted by Crippen LogP contribution is 2.29. The van der Waals surface area contributed by atoms with E-state index in [0.29, 0.717) is 24.4 Å². The summed E-state index contributed by atoms with van der Waals surface area (Å²) in [5, 5.41) is 0. The van der Waals surface area contributed by atoms with Crippen LogP contribution in [0.1, 0.15) is 36.2 Å². The van der Waals surface area contributed by atoms with Crippen LogP contribution in [0, 0.1) is 5.41 Å². The van der Waals surface area contributed by atoms with Crippen molar-refractivity contribution in [3.8, 4) is 5.75 Å². The summed E-state index contributed by atoms with van der Waals surface area (Å²) in [4.78, 5) is 25.9. The molecule has 5 heteroatoms. The Bertz CT molecular complexity index is 585. The van der Waals surface area contributed by atoms with Crippen LogP contribution in [0.3, 0.4) is 0 Å². The number of nitrogens with two attached hydrogens (primary N) is 1. The molecule has 1 aromatic rings. The van der Waals surface area contributed by atoms with Gasteiger partial charge >= 0.3 is 0 Å². The first-order chi connectivity index (χ1) is 10.4. The van der Waals surface area contributed by atoms with Crippen molar-refractivity contribution < 1.29 is 14.3 Å². The van der Waals surface area contributed by atoms with E-state index >= 15 is 0 Å². The number of hydrogen-bond acceptors (Lipinski definition) is 4. The predicted molar refractivity (Wildman–Crippen MR) is 85.1 cm³/mol. The molecule has 1 unspecified atom stereocenters. The molecule has 1 aliphatic heterocycles. The monoisotopic (exact) mass is 304 g/mol. The topological polar surface area (TPSA) is 72.6 Å². The van der Waals surface area contributed by atoms with E-state index in [0.717, 1.165) is 18.5 Å². The van der Waals surface area contributed by atoms with Gasteiger partial charge in [0.25, 0.3) is 0 Å². The first kappa shape index (κ1) is 16.5. The first-order valence-corrected chi connectivity index (χ1v) is 7.54. The fraction of sp³-hybridized carbons (Fsp3) is 0.529. The number of rotatable bonds is 5. The summed E-state index contributed by atoms with van der Waals surface area (Å²) >= 11 is 0. The van der Waals surface area contributed by atoms with Crippen molar-refractivity contribution in [1.82, 2.24) is 4.90 Å². The molecule has 1 heterocycles. The van der Waals surface area contributed by atoms with Crippen LogP contribution < -0.4 is 10.5 Å². The summed E-state index contributed by atoms with van der Waals surface area (Å²) < 4.78 is 5.30. The third kappa shape index (κ3) is 3.47. The van der Waals surface area contributed by atoms with Crippen LogP contribution in [0.2, 0.25) is 0 Å². The van der Waals surface area contributed by atoms with Crippen LogP contribution in [0.5, 0.6) is 5.75 Å². The van der Waals surface area contributed by atoms with E-state index in [1.807, 2.05) is 4.90 Å². The van der Waals surface area contributed by atoms with E-state index in [-0.39, 0.29) is 23.5 Å². The van der Waals surface area contributed by atoms with Crippen molar-refractivity contribution in [2.75, 3.05) is 26.7 Å². The summed E-state index contributed by atoms with van der Waals surface area (Å²) in [6.45, 7) is 5.63. The number of amides is 1. The summed E-state index contributed by atoms with van der Waals surface area (Å²) in [6.07, 6.45) is 1.17. The lowest BCUT2D eigenvalue weighted by atomic mass is 9.90. The minimum atomic E-state index is -0.0202.